The molecule has 31 heavy (non-hydrogen) atoms. The molecule has 0 radical (unpaired) electrons. The molecule has 5 heteroatoms. The van der Waals surface area contributed by atoms with Crippen LogP contribution in [-0.2, 0) is 16.1 Å². The Labute approximate surface area is 186 Å². The normalized spacial score (nSPS) is 12.7. The number of nitrogens with one attached hydrogen (secondary N) is 1. The van der Waals surface area contributed by atoms with Gasteiger partial charge in [0.05, 0.1) is 0 Å². The molecule has 0 aliphatic heterocycles. The van der Waals surface area contributed by atoms with E-state index in [0.717, 1.165) is 28.7 Å². The molecular weight excluding hydrogens is 388 g/mol. The van der Waals surface area contributed by atoms with E-state index in [1.54, 1.807) is 4.90 Å². The van der Waals surface area contributed by atoms with Crippen LogP contribution in [0.2, 0.25) is 0 Å². The Morgan fingerprint density at radius 2 is 1.71 bits per heavy atom. The molecule has 1 N–H and O–H groups in total. The molecule has 0 aliphatic carbocycles. The van der Waals surface area contributed by atoms with Crippen LogP contribution in [0.3, 0.4) is 0 Å². The van der Waals surface area contributed by atoms with Crippen molar-refractivity contribution < 1.29 is 14.3 Å². The first-order valence-electron chi connectivity index (χ1n) is 11.1. The Hall–Kier alpha value is -2.82. The topological polar surface area (TPSA) is 58.6 Å². The molecule has 0 aromatic heterocycles. The third-order valence-corrected chi connectivity index (χ3v) is 5.50. The monoisotopic (exact) mass is 424 g/mol. The van der Waals surface area contributed by atoms with E-state index in [9.17, 15) is 9.59 Å². The Balaban J connectivity index is 2.23. The number of hydrogen-bond donors (Lipinski definition) is 1. The summed E-state index contributed by atoms with van der Waals surface area (Å²) in [6, 6.07) is 13.4. The van der Waals surface area contributed by atoms with E-state index in [0.29, 0.717) is 18.7 Å². The van der Waals surface area contributed by atoms with Gasteiger partial charge < -0.3 is 15.0 Å². The zero-order valence-corrected chi connectivity index (χ0v) is 19.7. The first kappa shape index (κ1) is 24.4. The molecule has 2 aromatic carbocycles. The minimum absolute atomic E-state index is 0.0592. The summed E-state index contributed by atoms with van der Waals surface area (Å²) in [5, 5.41) is 3.03. The maximum absolute atomic E-state index is 13.3. The molecule has 0 unspecified atom stereocenters. The van der Waals surface area contributed by atoms with Crippen LogP contribution < -0.4 is 10.1 Å². The van der Waals surface area contributed by atoms with Crippen molar-refractivity contribution in [1.29, 1.82) is 0 Å². The van der Waals surface area contributed by atoms with Crippen LogP contribution in [0.15, 0.2) is 42.5 Å². The van der Waals surface area contributed by atoms with E-state index in [4.69, 9.17) is 4.74 Å². The number of ether oxygens (including phenoxy) is 1. The van der Waals surface area contributed by atoms with Crippen molar-refractivity contribution >= 4 is 11.8 Å². The SMILES string of the molecule is CC[C@@H](C)NC(=O)[C@H](CC)N(Cc1cccc(C)c1)C(=O)COc1ccc(C)cc1C. The third-order valence-electron chi connectivity index (χ3n) is 5.50. The maximum Gasteiger partial charge on any atom is 0.261 e. The van der Waals surface area contributed by atoms with Crippen LogP contribution in [0.4, 0.5) is 0 Å². The quantitative estimate of drug-likeness (QED) is 0.601. The zero-order valence-electron chi connectivity index (χ0n) is 19.7. The number of aryl methyl sites for hydroxylation is 3. The molecule has 0 saturated carbocycles. The largest absolute Gasteiger partial charge is 0.483 e. The fourth-order valence-electron chi connectivity index (χ4n) is 3.55. The average Bonchev–Trinajstić information content (AvgIpc) is 2.72. The standard InChI is InChI=1S/C26H36N2O3/c1-7-21(6)27-26(30)23(8-2)28(16-22-11-9-10-18(3)15-22)25(29)17-31-24-13-12-19(4)14-20(24)5/h9-15,21,23H,7-8,16-17H2,1-6H3,(H,27,30)/t21-,23+/m1/s1. The minimum atomic E-state index is -0.551. The summed E-state index contributed by atoms with van der Waals surface area (Å²) in [6.45, 7) is 12.2. The van der Waals surface area contributed by atoms with E-state index in [1.807, 2.05) is 84.0 Å². The second-order valence-corrected chi connectivity index (χ2v) is 8.31. The lowest BCUT2D eigenvalue weighted by Crippen LogP contribution is -2.51. The van der Waals surface area contributed by atoms with Gasteiger partial charge in [0.25, 0.3) is 5.91 Å². The van der Waals surface area contributed by atoms with E-state index >= 15 is 0 Å². The highest BCUT2D eigenvalue weighted by atomic mass is 16.5. The van der Waals surface area contributed by atoms with Crippen LogP contribution in [0.5, 0.6) is 5.75 Å². The van der Waals surface area contributed by atoms with Crippen LogP contribution in [0.25, 0.3) is 0 Å². The van der Waals surface area contributed by atoms with Gasteiger partial charge >= 0.3 is 0 Å². The van der Waals surface area contributed by atoms with Crippen molar-refractivity contribution in [3.63, 3.8) is 0 Å². The highest BCUT2D eigenvalue weighted by Crippen LogP contribution is 2.20. The Bertz CT molecular complexity index is 894. The Morgan fingerprint density at radius 1 is 1.00 bits per heavy atom. The predicted octanol–water partition coefficient (Wildman–Crippen LogP) is 4.71. The lowest BCUT2D eigenvalue weighted by atomic mass is 10.1. The van der Waals surface area contributed by atoms with Crippen molar-refractivity contribution in [2.75, 3.05) is 6.61 Å². The minimum Gasteiger partial charge on any atom is -0.483 e. The fourth-order valence-corrected chi connectivity index (χ4v) is 3.55. The molecule has 0 bridgehead atoms. The first-order chi connectivity index (χ1) is 14.7. The van der Waals surface area contributed by atoms with Crippen LogP contribution in [-0.4, -0.2) is 35.4 Å². The molecule has 0 saturated heterocycles. The molecule has 2 amide bonds. The van der Waals surface area contributed by atoms with E-state index in [-0.39, 0.29) is 24.5 Å². The Kier molecular flexibility index (Phi) is 9.10. The molecule has 2 atom stereocenters. The first-order valence-corrected chi connectivity index (χ1v) is 11.1. The van der Waals surface area contributed by atoms with E-state index < -0.39 is 6.04 Å². The Morgan fingerprint density at radius 3 is 2.32 bits per heavy atom. The van der Waals surface area contributed by atoms with Gasteiger partial charge in [-0.25, -0.2) is 0 Å². The fraction of sp³-hybridized carbons (Fsp3) is 0.462. The van der Waals surface area contributed by atoms with E-state index in [1.165, 1.54) is 0 Å². The van der Waals surface area contributed by atoms with Gasteiger partial charge in [0, 0.05) is 12.6 Å². The summed E-state index contributed by atoms with van der Waals surface area (Å²) in [5.41, 5.74) is 4.24. The number of carbonyl (C=O) groups is 2. The summed E-state index contributed by atoms with van der Waals surface area (Å²) in [7, 11) is 0. The summed E-state index contributed by atoms with van der Waals surface area (Å²) in [5.74, 6) is 0.364. The predicted molar refractivity (Wildman–Crippen MR) is 125 cm³/mol. The van der Waals surface area contributed by atoms with Gasteiger partial charge in [0.2, 0.25) is 5.91 Å². The summed E-state index contributed by atoms with van der Waals surface area (Å²) in [4.78, 5) is 27.9. The second kappa shape index (κ2) is 11.5. The smallest absolute Gasteiger partial charge is 0.261 e. The van der Waals surface area contributed by atoms with Gasteiger partial charge in [-0.1, -0.05) is 61.4 Å². The summed E-state index contributed by atoms with van der Waals surface area (Å²) >= 11 is 0. The number of amides is 2. The number of carbonyl (C=O) groups excluding carboxylic acids is 2. The highest BCUT2D eigenvalue weighted by Gasteiger charge is 2.29. The van der Waals surface area contributed by atoms with Crippen molar-refractivity contribution in [3.8, 4) is 5.75 Å². The molecule has 168 valence electrons. The van der Waals surface area contributed by atoms with Crippen LogP contribution in [0, 0.1) is 20.8 Å². The van der Waals surface area contributed by atoms with Gasteiger partial charge in [-0.15, -0.1) is 0 Å². The molecule has 0 aliphatic rings. The van der Waals surface area contributed by atoms with Crippen LogP contribution >= 0.6 is 0 Å². The lowest BCUT2D eigenvalue weighted by molar-refractivity contribution is -0.143. The summed E-state index contributed by atoms with van der Waals surface area (Å²) in [6.07, 6.45) is 1.37. The highest BCUT2D eigenvalue weighted by molar-refractivity contribution is 5.88. The van der Waals surface area contributed by atoms with Crippen LogP contribution in [0.1, 0.15) is 55.9 Å². The molecule has 0 spiro atoms. The lowest BCUT2D eigenvalue weighted by Gasteiger charge is -2.31. The number of hydrogen-bond acceptors (Lipinski definition) is 3. The molecule has 2 rings (SSSR count). The van der Waals surface area contributed by atoms with Gasteiger partial charge in [0.15, 0.2) is 6.61 Å². The van der Waals surface area contributed by atoms with Gasteiger partial charge in [-0.2, -0.15) is 0 Å². The van der Waals surface area contributed by atoms with Gasteiger partial charge in [0.1, 0.15) is 11.8 Å². The number of rotatable bonds is 10. The maximum atomic E-state index is 13.3. The van der Waals surface area contributed by atoms with Crippen molar-refractivity contribution in [1.82, 2.24) is 10.2 Å². The number of nitrogens with zero attached hydrogens (tertiary/aromatic N) is 1. The van der Waals surface area contributed by atoms with Gasteiger partial charge in [-0.3, -0.25) is 9.59 Å². The third kappa shape index (κ3) is 7.12. The average molecular weight is 425 g/mol. The second-order valence-electron chi connectivity index (χ2n) is 8.31. The van der Waals surface area contributed by atoms with E-state index in [2.05, 4.69) is 5.32 Å². The molecule has 0 fully saturated rings. The summed E-state index contributed by atoms with van der Waals surface area (Å²) < 4.78 is 5.85. The van der Waals surface area contributed by atoms with Crippen molar-refractivity contribution in [2.45, 2.75) is 73.0 Å². The zero-order chi connectivity index (χ0) is 23.0. The van der Waals surface area contributed by atoms with Crippen molar-refractivity contribution in [2.24, 2.45) is 0 Å². The van der Waals surface area contributed by atoms with Crippen molar-refractivity contribution in [3.05, 3.63) is 64.7 Å². The molecule has 0 heterocycles. The number of benzene rings is 2. The van der Waals surface area contributed by atoms with Gasteiger partial charge in [-0.05, 0) is 57.7 Å². The molecular formula is C26H36N2O3. The molecule has 5 nitrogen and oxygen atoms in total. The molecule has 2 aromatic rings.